The molecule has 1 aromatic carbocycles. The Morgan fingerprint density at radius 3 is 2.76 bits per heavy atom. The van der Waals surface area contributed by atoms with Gasteiger partial charge in [-0.1, -0.05) is 36.7 Å². The maximum atomic E-state index is 5.86. The van der Waals surface area contributed by atoms with E-state index in [1.54, 1.807) is 6.20 Å². The summed E-state index contributed by atoms with van der Waals surface area (Å²) in [4.78, 5) is 4.43. The van der Waals surface area contributed by atoms with Crippen molar-refractivity contribution in [2.24, 2.45) is 5.10 Å². The highest BCUT2D eigenvalue weighted by atomic mass is 35.5. The molecule has 0 aliphatic heterocycles. The molecule has 1 heterocycles. The van der Waals surface area contributed by atoms with E-state index in [1.165, 1.54) is 11.8 Å². The quantitative estimate of drug-likeness (QED) is 0.497. The second-order valence-electron chi connectivity index (χ2n) is 4.26. The van der Waals surface area contributed by atoms with Crippen LogP contribution in [-0.2, 0) is 0 Å². The van der Waals surface area contributed by atoms with Crippen molar-refractivity contribution in [2.45, 2.75) is 24.9 Å². The van der Waals surface area contributed by atoms with Crippen LogP contribution in [0.5, 0.6) is 0 Å². The molecule has 5 nitrogen and oxygen atoms in total. The molecule has 21 heavy (non-hydrogen) atoms. The zero-order valence-electron chi connectivity index (χ0n) is 11.9. The average Bonchev–Trinajstić information content (AvgIpc) is 2.53. The van der Waals surface area contributed by atoms with Gasteiger partial charge in [-0.2, -0.15) is 10.2 Å². The Kier molecular flexibility index (Phi) is 5.95. The zero-order valence-corrected chi connectivity index (χ0v) is 13.4. The molecule has 2 aromatic rings. The van der Waals surface area contributed by atoms with Crippen molar-refractivity contribution >= 4 is 34.8 Å². The molecule has 1 aromatic heterocycles. The lowest BCUT2D eigenvalue weighted by Crippen LogP contribution is -2.09. The lowest BCUT2D eigenvalue weighted by molar-refractivity contribution is 0.828. The lowest BCUT2D eigenvalue weighted by atomic mass is 10.2. The Bertz CT molecular complexity index is 615. The smallest absolute Gasteiger partial charge is 0.209 e. The predicted molar refractivity (Wildman–Crippen MR) is 88.1 cm³/mol. The van der Waals surface area contributed by atoms with E-state index >= 15 is 0 Å². The fraction of sp³-hybridized carbons (Fsp3) is 0.286. The van der Waals surface area contributed by atoms with Crippen LogP contribution in [0.15, 0.2) is 40.7 Å². The van der Waals surface area contributed by atoms with E-state index in [2.05, 4.69) is 32.6 Å². The van der Waals surface area contributed by atoms with Crippen molar-refractivity contribution < 1.29 is 0 Å². The Labute approximate surface area is 133 Å². The van der Waals surface area contributed by atoms with Gasteiger partial charge in [-0.15, -0.1) is 5.10 Å². The molecule has 0 bridgehead atoms. The second kappa shape index (κ2) is 7.95. The monoisotopic (exact) mass is 321 g/mol. The number of hydrogen-bond donors (Lipinski definition) is 1. The van der Waals surface area contributed by atoms with Crippen molar-refractivity contribution in [3.05, 3.63) is 41.2 Å². The molecule has 1 N–H and O–H groups in total. The summed E-state index contributed by atoms with van der Waals surface area (Å²) in [5.74, 6) is 0. The van der Waals surface area contributed by atoms with Crippen LogP contribution < -0.4 is 5.43 Å². The number of hydrogen-bond acceptors (Lipinski definition) is 6. The number of hydrazone groups is 1. The van der Waals surface area contributed by atoms with Crippen molar-refractivity contribution in [1.29, 1.82) is 0 Å². The van der Waals surface area contributed by atoms with Gasteiger partial charge in [-0.05, 0) is 36.9 Å². The molecule has 0 radical (unpaired) electrons. The predicted octanol–water partition coefficient (Wildman–Crippen LogP) is 3.86. The molecule has 0 unspecified atom stereocenters. The molecule has 2 rings (SSSR count). The van der Waals surface area contributed by atoms with Crippen molar-refractivity contribution in [3.8, 4) is 0 Å². The molecular weight excluding hydrogens is 306 g/mol. The van der Waals surface area contributed by atoms with E-state index in [-0.39, 0.29) is 0 Å². The number of benzene rings is 1. The number of anilines is 1. The summed E-state index contributed by atoms with van der Waals surface area (Å²) in [6, 6.07) is 7.38. The maximum Gasteiger partial charge on any atom is 0.209 e. The standard InChI is InChI=1S/C14H16ClN5S/c1-3-4-12(13-9-16-20-14(17-13)21-2)19-18-11-7-5-10(15)6-8-11/h5-9,18H,3-4H2,1-2H3/b19-12-. The van der Waals surface area contributed by atoms with Crippen LogP contribution >= 0.6 is 23.4 Å². The summed E-state index contributed by atoms with van der Waals surface area (Å²) in [7, 11) is 0. The highest BCUT2D eigenvalue weighted by Crippen LogP contribution is 2.14. The van der Waals surface area contributed by atoms with Gasteiger partial charge in [0.25, 0.3) is 0 Å². The molecule has 110 valence electrons. The van der Waals surface area contributed by atoms with E-state index in [0.717, 1.165) is 29.9 Å². The fourth-order valence-corrected chi connectivity index (χ4v) is 2.09. The Morgan fingerprint density at radius 1 is 1.33 bits per heavy atom. The largest absolute Gasteiger partial charge is 0.278 e. The van der Waals surface area contributed by atoms with Gasteiger partial charge >= 0.3 is 0 Å². The molecule has 0 saturated heterocycles. The van der Waals surface area contributed by atoms with Crippen LogP contribution in [0.3, 0.4) is 0 Å². The van der Waals surface area contributed by atoms with Crippen LogP contribution in [0.1, 0.15) is 25.5 Å². The van der Waals surface area contributed by atoms with Crippen molar-refractivity contribution in [2.75, 3.05) is 11.7 Å². The van der Waals surface area contributed by atoms with Crippen LogP contribution in [0.4, 0.5) is 5.69 Å². The van der Waals surface area contributed by atoms with Gasteiger partial charge in [0.05, 0.1) is 17.6 Å². The van der Waals surface area contributed by atoms with E-state index in [1.807, 2.05) is 30.5 Å². The summed E-state index contributed by atoms with van der Waals surface area (Å²) < 4.78 is 0. The first-order valence-corrected chi connectivity index (χ1v) is 8.15. The fourth-order valence-electron chi connectivity index (χ4n) is 1.65. The number of nitrogens with zero attached hydrogens (tertiary/aromatic N) is 4. The number of thioether (sulfide) groups is 1. The Morgan fingerprint density at radius 2 is 2.10 bits per heavy atom. The zero-order chi connectivity index (χ0) is 15.1. The topological polar surface area (TPSA) is 63.1 Å². The molecule has 0 fully saturated rings. The molecule has 0 amide bonds. The minimum atomic E-state index is 0.641. The summed E-state index contributed by atoms with van der Waals surface area (Å²) in [5.41, 5.74) is 5.51. The molecule has 7 heteroatoms. The maximum absolute atomic E-state index is 5.86. The van der Waals surface area contributed by atoms with E-state index in [9.17, 15) is 0 Å². The van der Waals surface area contributed by atoms with E-state index < -0.39 is 0 Å². The van der Waals surface area contributed by atoms with Gasteiger partial charge in [-0.3, -0.25) is 5.43 Å². The number of nitrogens with one attached hydrogen (secondary N) is 1. The molecular formula is C14H16ClN5S. The van der Waals surface area contributed by atoms with Gasteiger partial charge in [-0.25, -0.2) is 4.98 Å². The molecule has 0 spiro atoms. The second-order valence-corrected chi connectivity index (χ2v) is 5.47. The SMILES string of the molecule is CCC/C(=N/Nc1ccc(Cl)cc1)c1cnnc(SC)n1. The summed E-state index contributed by atoms with van der Waals surface area (Å²) >= 11 is 7.32. The van der Waals surface area contributed by atoms with Gasteiger partial charge < -0.3 is 0 Å². The highest BCUT2D eigenvalue weighted by Gasteiger charge is 2.07. The average molecular weight is 322 g/mol. The first-order chi connectivity index (χ1) is 10.2. The minimum absolute atomic E-state index is 0.641. The molecule has 0 aliphatic rings. The first kappa shape index (κ1) is 15.7. The number of aromatic nitrogens is 3. The van der Waals surface area contributed by atoms with Crippen LogP contribution in [0, 0.1) is 0 Å². The molecule has 0 saturated carbocycles. The third-order valence-corrected chi connectivity index (χ3v) is 3.46. The summed E-state index contributed by atoms with van der Waals surface area (Å²) in [6.45, 7) is 2.10. The first-order valence-electron chi connectivity index (χ1n) is 6.55. The Balaban J connectivity index is 2.20. The third-order valence-electron chi connectivity index (χ3n) is 2.67. The number of halogens is 1. The van der Waals surface area contributed by atoms with E-state index in [4.69, 9.17) is 11.6 Å². The normalized spacial score (nSPS) is 11.5. The van der Waals surface area contributed by atoms with Gasteiger partial charge in [0, 0.05) is 5.02 Å². The van der Waals surface area contributed by atoms with Gasteiger partial charge in [0.15, 0.2) is 0 Å². The highest BCUT2D eigenvalue weighted by molar-refractivity contribution is 7.98. The molecule has 0 aliphatic carbocycles. The van der Waals surface area contributed by atoms with Crippen LogP contribution in [0.25, 0.3) is 0 Å². The third kappa shape index (κ3) is 4.68. The lowest BCUT2D eigenvalue weighted by Gasteiger charge is -2.06. The van der Waals surface area contributed by atoms with Gasteiger partial charge in [0.1, 0.15) is 5.69 Å². The van der Waals surface area contributed by atoms with Crippen molar-refractivity contribution in [3.63, 3.8) is 0 Å². The number of rotatable bonds is 6. The Hall–Kier alpha value is -1.66. The van der Waals surface area contributed by atoms with Crippen LogP contribution in [0.2, 0.25) is 5.02 Å². The van der Waals surface area contributed by atoms with Crippen LogP contribution in [-0.4, -0.2) is 27.1 Å². The van der Waals surface area contributed by atoms with Crippen molar-refractivity contribution in [1.82, 2.24) is 15.2 Å². The summed E-state index contributed by atoms with van der Waals surface area (Å²) in [5, 5.41) is 13.7. The van der Waals surface area contributed by atoms with Gasteiger partial charge in [0.2, 0.25) is 5.16 Å². The summed E-state index contributed by atoms with van der Waals surface area (Å²) in [6.07, 6.45) is 5.34. The van der Waals surface area contributed by atoms with E-state index in [0.29, 0.717) is 10.2 Å². The molecule has 0 atom stereocenters. The minimum Gasteiger partial charge on any atom is -0.278 e.